The molecule has 36 heavy (non-hydrogen) atoms. The Morgan fingerprint density at radius 3 is 2.33 bits per heavy atom. The minimum atomic E-state index is -0.251. The molecule has 0 aliphatic carbocycles. The van der Waals surface area contributed by atoms with Crippen molar-refractivity contribution >= 4 is 23.4 Å². The number of nitrogens with one attached hydrogen (secondary N) is 1. The third-order valence-electron chi connectivity index (χ3n) is 6.15. The van der Waals surface area contributed by atoms with Crippen molar-refractivity contribution < 1.29 is 18.8 Å². The van der Waals surface area contributed by atoms with Crippen molar-refractivity contribution in [3.8, 4) is 22.6 Å². The third kappa shape index (κ3) is 4.79. The summed E-state index contributed by atoms with van der Waals surface area (Å²) in [6.07, 6.45) is 0.511. The first-order valence-corrected chi connectivity index (χ1v) is 11.6. The normalized spacial score (nSPS) is 13.3. The van der Waals surface area contributed by atoms with Gasteiger partial charge in [-0.25, -0.2) is 0 Å². The number of benzene rings is 3. The summed E-state index contributed by atoms with van der Waals surface area (Å²) in [6, 6.07) is 20.5. The molecule has 8 nitrogen and oxygen atoms in total. The molecule has 1 aliphatic heterocycles. The number of aryl methyl sites for hydroxylation is 2. The first-order chi connectivity index (χ1) is 17.4. The summed E-state index contributed by atoms with van der Waals surface area (Å²) in [7, 11) is 0. The van der Waals surface area contributed by atoms with Crippen LogP contribution in [-0.2, 0) is 16.1 Å². The van der Waals surface area contributed by atoms with Crippen LogP contribution in [0.4, 0.5) is 5.69 Å². The summed E-state index contributed by atoms with van der Waals surface area (Å²) >= 11 is 0. The van der Waals surface area contributed by atoms with E-state index in [0.717, 1.165) is 27.8 Å². The molecule has 0 saturated carbocycles. The lowest BCUT2D eigenvalue weighted by Gasteiger charge is -2.14. The molecule has 4 aromatic rings. The van der Waals surface area contributed by atoms with Crippen molar-refractivity contribution in [1.29, 1.82) is 0 Å². The van der Waals surface area contributed by atoms with Crippen LogP contribution < -0.4 is 5.32 Å². The standard InChI is InChI=1S/C28H24N4O4/c1-17-6-7-22(28-31-30-18(2)36-28)15-24(17)20-8-10-21(11-9-20)27(35)29-23-5-3-4-19(14-23)16-32-25(33)12-13-26(32)34/h3-11,14-15H,12-13,16H2,1-2H3,(H,29,35). The molecule has 0 unspecified atom stereocenters. The number of carbonyl (C=O) groups is 3. The van der Waals surface area contributed by atoms with Gasteiger partial charge in [0.2, 0.25) is 23.6 Å². The lowest BCUT2D eigenvalue weighted by molar-refractivity contribution is -0.139. The Labute approximate surface area is 208 Å². The first-order valence-electron chi connectivity index (χ1n) is 11.6. The number of aromatic nitrogens is 2. The molecule has 3 amide bonds. The van der Waals surface area contributed by atoms with Crippen LogP contribution in [-0.4, -0.2) is 32.8 Å². The van der Waals surface area contributed by atoms with Gasteiger partial charge in [-0.2, -0.15) is 0 Å². The number of nitrogens with zero attached hydrogens (tertiary/aromatic N) is 3. The zero-order chi connectivity index (χ0) is 25.2. The fourth-order valence-electron chi connectivity index (χ4n) is 4.21. The Bertz CT molecular complexity index is 1460. The predicted molar refractivity (Wildman–Crippen MR) is 134 cm³/mol. The van der Waals surface area contributed by atoms with Gasteiger partial charge in [0.25, 0.3) is 5.91 Å². The molecule has 1 aromatic heterocycles. The van der Waals surface area contributed by atoms with Gasteiger partial charge < -0.3 is 9.73 Å². The maximum atomic E-state index is 12.9. The van der Waals surface area contributed by atoms with E-state index >= 15 is 0 Å². The lowest BCUT2D eigenvalue weighted by atomic mass is 9.97. The van der Waals surface area contributed by atoms with Gasteiger partial charge in [0.1, 0.15) is 0 Å². The molecule has 0 bridgehead atoms. The molecule has 0 atom stereocenters. The quantitative estimate of drug-likeness (QED) is 0.393. The van der Waals surface area contributed by atoms with Crippen molar-refractivity contribution in [3.63, 3.8) is 0 Å². The Morgan fingerprint density at radius 2 is 1.64 bits per heavy atom. The molecular weight excluding hydrogens is 456 g/mol. The van der Waals surface area contributed by atoms with E-state index in [9.17, 15) is 14.4 Å². The van der Waals surface area contributed by atoms with Gasteiger partial charge in [0, 0.05) is 36.6 Å². The zero-order valence-corrected chi connectivity index (χ0v) is 19.9. The van der Waals surface area contributed by atoms with Gasteiger partial charge in [0.05, 0.1) is 6.54 Å². The number of rotatable bonds is 6. The van der Waals surface area contributed by atoms with E-state index in [1.807, 2.05) is 43.3 Å². The first kappa shape index (κ1) is 23.2. The van der Waals surface area contributed by atoms with E-state index in [1.54, 1.807) is 37.3 Å². The minimum absolute atomic E-state index is 0.164. The molecule has 0 spiro atoms. The Morgan fingerprint density at radius 1 is 0.917 bits per heavy atom. The van der Waals surface area contributed by atoms with E-state index in [4.69, 9.17) is 4.42 Å². The smallest absolute Gasteiger partial charge is 0.255 e. The molecule has 180 valence electrons. The van der Waals surface area contributed by atoms with Crippen molar-refractivity contribution in [2.45, 2.75) is 33.2 Å². The van der Waals surface area contributed by atoms with E-state index in [0.29, 0.717) is 23.0 Å². The fraction of sp³-hybridized carbons (Fsp3) is 0.179. The number of amides is 3. The monoisotopic (exact) mass is 480 g/mol. The highest BCUT2D eigenvalue weighted by molar-refractivity contribution is 6.04. The maximum absolute atomic E-state index is 12.9. The fourth-order valence-corrected chi connectivity index (χ4v) is 4.21. The lowest BCUT2D eigenvalue weighted by Crippen LogP contribution is -2.28. The van der Waals surface area contributed by atoms with Crippen molar-refractivity contribution in [1.82, 2.24) is 15.1 Å². The van der Waals surface area contributed by atoms with E-state index in [2.05, 4.69) is 15.5 Å². The summed E-state index contributed by atoms with van der Waals surface area (Å²) in [6.45, 7) is 3.98. The van der Waals surface area contributed by atoms with Gasteiger partial charge in [-0.3, -0.25) is 19.3 Å². The van der Waals surface area contributed by atoms with Crippen LogP contribution in [0.5, 0.6) is 0 Å². The molecule has 5 rings (SSSR count). The van der Waals surface area contributed by atoms with Gasteiger partial charge in [-0.05, 0) is 65.6 Å². The maximum Gasteiger partial charge on any atom is 0.255 e. The number of anilines is 1. The molecule has 1 fully saturated rings. The summed E-state index contributed by atoms with van der Waals surface area (Å²) in [5, 5.41) is 10.9. The van der Waals surface area contributed by atoms with E-state index < -0.39 is 0 Å². The average molecular weight is 481 g/mol. The van der Waals surface area contributed by atoms with Crippen LogP contribution in [0.15, 0.2) is 71.1 Å². The number of hydrogen-bond donors (Lipinski definition) is 1. The SMILES string of the molecule is Cc1nnc(-c2ccc(C)c(-c3ccc(C(=O)Nc4cccc(CN5C(=O)CCC5=O)c4)cc3)c2)o1. The van der Waals surface area contributed by atoms with Crippen LogP contribution in [0.1, 0.15) is 40.2 Å². The minimum Gasteiger partial charge on any atom is -0.421 e. The van der Waals surface area contributed by atoms with Crippen LogP contribution in [0.2, 0.25) is 0 Å². The van der Waals surface area contributed by atoms with Crippen LogP contribution in [0.3, 0.4) is 0 Å². The van der Waals surface area contributed by atoms with Crippen LogP contribution >= 0.6 is 0 Å². The van der Waals surface area contributed by atoms with Crippen molar-refractivity contribution in [3.05, 3.63) is 89.3 Å². The van der Waals surface area contributed by atoms with Crippen LogP contribution in [0, 0.1) is 13.8 Å². The van der Waals surface area contributed by atoms with Crippen molar-refractivity contribution in [2.75, 3.05) is 5.32 Å². The average Bonchev–Trinajstić information content (AvgIpc) is 3.45. The Balaban J connectivity index is 1.30. The largest absolute Gasteiger partial charge is 0.421 e. The molecule has 1 aliphatic rings. The predicted octanol–water partition coefficient (Wildman–Crippen LogP) is 4.92. The highest BCUT2D eigenvalue weighted by Crippen LogP contribution is 2.29. The number of hydrogen-bond acceptors (Lipinski definition) is 6. The second-order valence-electron chi connectivity index (χ2n) is 8.76. The molecule has 3 aromatic carbocycles. The molecule has 2 heterocycles. The number of imide groups is 1. The number of likely N-dealkylation sites (tertiary alicyclic amines) is 1. The molecule has 0 radical (unpaired) electrons. The van der Waals surface area contributed by atoms with Gasteiger partial charge >= 0.3 is 0 Å². The Hall–Kier alpha value is -4.59. The zero-order valence-electron chi connectivity index (χ0n) is 19.9. The summed E-state index contributed by atoms with van der Waals surface area (Å²) in [4.78, 5) is 37.9. The highest BCUT2D eigenvalue weighted by Gasteiger charge is 2.28. The molecule has 1 N–H and O–H groups in total. The topological polar surface area (TPSA) is 105 Å². The molecule has 1 saturated heterocycles. The van der Waals surface area contributed by atoms with Crippen LogP contribution in [0.25, 0.3) is 22.6 Å². The second kappa shape index (κ2) is 9.58. The number of carbonyl (C=O) groups excluding carboxylic acids is 3. The third-order valence-corrected chi connectivity index (χ3v) is 6.15. The molecular formula is C28H24N4O4. The highest BCUT2D eigenvalue weighted by atomic mass is 16.4. The molecule has 8 heteroatoms. The Kier molecular flexibility index (Phi) is 6.16. The second-order valence-corrected chi connectivity index (χ2v) is 8.76. The van der Waals surface area contributed by atoms with Crippen molar-refractivity contribution in [2.24, 2.45) is 0 Å². The van der Waals surface area contributed by atoms with Gasteiger partial charge in [-0.15, -0.1) is 10.2 Å². The van der Waals surface area contributed by atoms with Gasteiger partial charge in [-0.1, -0.05) is 30.3 Å². The van der Waals surface area contributed by atoms with Gasteiger partial charge in [0.15, 0.2) is 0 Å². The summed E-state index contributed by atoms with van der Waals surface area (Å²) < 4.78 is 5.55. The van der Waals surface area contributed by atoms with E-state index in [-0.39, 0.29) is 37.1 Å². The summed E-state index contributed by atoms with van der Waals surface area (Å²) in [5.41, 5.74) is 5.76. The summed E-state index contributed by atoms with van der Waals surface area (Å²) in [5.74, 6) is 0.389. The van der Waals surface area contributed by atoms with E-state index in [1.165, 1.54) is 4.90 Å².